The van der Waals surface area contributed by atoms with E-state index in [1.165, 1.54) is 0 Å². The number of nitrogens with one attached hydrogen (secondary N) is 1. The molecule has 1 unspecified atom stereocenters. The van der Waals surface area contributed by atoms with Crippen molar-refractivity contribution in [2.45, 2.75) is 26.4 Å². The van der Waals surface area contributed by atoms with Gasteiger partial charge < -0.3 is 15.0 Å². The summed E-state index contributed by atoms with van der Waals surface area (Å²) in [6.45, 7) is 4.34. The highest BCUT2D eigenvalue weighted by molar-refractivity contribution is 5.95. The van der Waals surface area contributed by atoms with Gasteiger partial charge in [0.15, 0.2) is 0 Å². The minimum absolute atomic E-state index is 0.0366. The van der Waals surface area contributed by atoms with Crippen molar-refractivity contribution < 1.29 is 14.3 Å². The van der Waals surface area contributed by atoms with Gasteiger partial charge in [0.1, 0.15) is 11.8 Å². The fraction of sp³-hybridized carbons (Fsp3) is 0.467. The van der Waals surface area contributed by atoms with Crippen molar-refractivity contribution in [3.05, 3.63) is 29.8 Å². The number of benzene rings is 1. The lowest BCUT2D eigenvalue weighted by Crippen LogP contribution is -2.59. The number of amides is 2. The van der Waals surface area contributed by atoms with Gasteiger partial charge in [0.25, 0.3) is 0 Å². The van der Waals surface area contributed by atoms with E-state index in [2.05, 4.69) is 5.32 Å². The van der Waals surface area contributed by atoms with Gasteiger partial charge in [-0.3, -0.25) is 9.59 Å². The summed E-state index contributed by atoms with van der Waals surface area (Å²) in [6.07, 6.45) is 0. The molecule has 2 amide bonds. The van der Waals surface area contributed by atoms with Crippen LogP contribution in [0.1, 0.15) is 19.4 Å². The summed E-state index contributed by atoms with van der Waals surface area (Å²) in [6, 6.07) is 7.09. The molecule has 1 atom stereocenters. The van der Waals surface area contributed by atoms with Crippen LogP contribution in [0.15, 0.2) is 24.3 Å². The average Bonchev–Trinajstić information content (AvgIpc) is 2.42. The van der Waals surface area contributed by atoms with Gasteiger partial charge in [-0.25, -0.2) is 0 Å². The van der Waals surface area contributed by atoms with Crippen LogP contribution in [-0.2, 0) is 16.1 Å². The molecule has 1 aromatic carbocycles. The van der Waals surface area contributed by atoms with Crippen molar-refractivity contribution in [2.75, 3.05) is 13.7 Å². The fourth-order valence-electron chi connectivity index (χ4n) is 2.35. The minimum Gasteiger partial charge on any atom is -0.496 e. The van der Waals surface area contributed by atoms with Crippen molar-refractivity contribution >= 4 is 11.8 Å². The lowest BCUT2D eigenvalue weighted by atomic mass is 10.0. The maximum Gasteiger partial charge on any atom is 0.246 e. The van der Waals surface area contributed by atoms with Crippen LogP contribution < -0.4 is 10.1 Å². The molecule has 0 radical (unpaired) electrons. The van der Waals surface area contributed by atoms with Gasteiger partial charge in [0, 0.05) is 12.1 Å². The van der Waals surface area contributed by atoms with Gasteiger partial charge in [-0.05, 0) is 12.0 Å². The van der Waals surface area contributed by atoms with Crippen LogP contribution in [0.3, 0.4) is 0 Å². The van der Waals surface area contributed by atoms with Crippen molar-refractivity contribution in [2.24, 2.45) is 5.92 Å². The molecule has 1 fully saturated rings. The highest BCUT2D eigenvalue weighted by atomic mass is 16.5. The third-order valence-corrected chi connectivity index (χ3v) is 3.45. The first-order chi connectivity index (χ1) is 9.52. The lowest BCUT2D eigenvalue weighted by Gasteiger charge is -2.34. The first-order valence-electron chi connectivity index (χ1n) is 6.73. The van der Waals surface area contributed by atoms with E-state index in [1.54, 1.807) is 12.0 Å². The SMILES string of the molecule is COc1ccccc1CN1CC(=O)NC(C(C)C)C1=O. The number of para-hydroxylation sites is 1. The van der Waals surface area contributed by atoms with E-state index in [9.17, 15) is 9.59 Å². The minimum atomic E-state index is -0.439. The molecular weight excluding hydrogens is 256 g/mol. The van der Waals surface area contributed by atoms with Crippen molar-refractivity contribution in [3.8, 4) is 5.75 Å². The highest BCUT2D eigenvalue weighted by Gasteiger charge is 2.34. The third kappa shape index (κ3) is 2.92. The van der Waals surface area contributed by atoms with Crippen LogP contribution >= 0.6 is 0 Å². The van der Waals surface area contributed by atoms with Crippen LogP contribution in [0.4, 0.5) is 0 Å². The van der Waals surface area contributed by atoms with Crippen LogP contribution in [-0.4, -0.2) is 36.4 Å². The van der Waals surface area contributed by atoms with E-state index in [1.807, 2.05) is 38.1 Å². The summed E-state index contributed by atoms with van der Waals surface area (Å²) in [4.78, 5) is 25.7. The number of methoxy groups -OCH3 is 1. The van der Waals surface area contributed by atoms with Crippen LogP contribution in [0.5, 0.6) is 5.75 Å². The third-order valence-electron chi connectivity index (χ3n) is 3.45. The number of hydrogen-bond acceptors (Lipinski definition) is 3. The van der Waals surface area contributed by atoms with Crippen molar-refractivity contribution in [3.63, 3.8) is 0 Å². The number of ether oxygens (including phenoxy) is 1. The predicted octanol–water partition coefficient (Wildman–Crippen LogP) is 1.18. The second-order valence-electron chi connectivity index (χ2n) is 5.30. The summed E-state index contributed by atoms with van der Waals surface area (Å²) in [5.74, 6) is 0.656. The summed E-state index contributed by atoms with van der Waals surface area (Å²) in [7, 11) is 1.60. The highest BCUT2D eigenvalue weighted by Crippen LogP contribution is 2.21. The number of rotatable bonds is 4. The van der Waals surface area contributed by atoms with Crippen LogP contribution in [0, 0.1) is 5.92 Å². The Morgan fingerprint density at radius 3 is 2.70 bits per heavy atom. The second-order valence-corrected chi connectivity index (χ2v) is 5.30. The van der Waals surface area contributed by atoms with Gasteiger partial charge >= 0.3 is 0 Å². The number of nitrogens with zero attached hydrogens (tertiary/aromatic N) is 1. The standard InChI is InChI=1S/C15H20N2O3/c1-10(2)14-15(19)17(9-13(18)16-14)8-11-6-4-5-7-12(11)20-3/h4-7,10,14H,8-9H2,1-3H3,(H,16,18). The molecule has 108 valence electrons. The zero-order valence-electron chi connectivity index (χ0n) is 12.1. The monoisotopic (exact) mass is 276 g/mol. The van der Waals surface area contributed by atoms with Crippen molar-refractivity contribution in [1.29, 1.82) is 0 Å². The Balaban J connectivity index is 2.19. The molecule has 0 saturated carbocycles. The molecule has 0 spiro atoms. The average molecular weight is 276 g/mol. The predicted molar refractivity (Wildman–Crippen MR) is 75.2 cm³/mol. The van der Waals surface area contributed by atoms with E-state index in [0.29, 0.717) is 6.54 Å². The molecule has 1 heterocycles. The first-order valence-corrected chi connectivity index (χ1v) is 6.73. The van der Waals surface area contributed by atoms with Gasteiger partial charge in [0.05, 0.1) is 13.7 Å². The molecule has 0 aliphatic carbocycles. The Bertz CT molecular complexity index is 514. The Kier molecular flexibility index (Phi) is 4.27. The molecule has 2 rings (SSSR count). The molecule has 20 heavy (non-hydrogen) atoms. The first kappa shape index (κ1) is 14.4. The molecular formula is C15H20N2O3. The maximum absolute atomic E-state index is 12.4. The topological polar surface area (TPSA) is 58.6 Å². The molecule has 1 N–H and O–H groups in total. The summed E-state index contributed by atoms with van der Waals surface area (Å²) in [5.41, 5.74) is 0.903. The molecule has 1 aliphatic rings. The van der Waals surface area contributed by atoms with Gasteiger partial charge in [0.2, 0.25) is 11.8 Å². The number of carbonyl (C=O) groups is 2. The second kappa shape index (κ2) is 5.94. The Morgan fingerprint density at radius 1 is 1.35 bits per heavy atom. The Hall–Kier alpha value is -2.04. The molecule has 1 aliphatic heterocycles. The van der Waals surface area contributed by atoms with E-state index in [-0.39, 0.29) is 24.3 Å². The zero-order chi connectivity index (χ0) is 14.7. The quantitative estimate of drug-likeness (QED) is 0.898. The molecule has 0 bridgehead atoms. The lowest BCUT2D eigenvalue weighted by molar-refractivity contribution is -0.146. The van der Waals surface area contributed by atoms with Crippen LogP contribution in [0.25, 0.3) is 0 Å². The fourth-order valence-corrected chi connectivity index (χ4v) is 2.35. The molecule has 1 saturated heterocycles. The number of carbonyl (C=O) groups excluding carboxylic acids is 2. The molecule has 0 aromatic heterocycles. The summed E-state index contributed by atoms with van der Waals surface area (Å²) >= 11 is 0. The molecule has 5 nitrogen and oxygen atoms in total. The van der Waals surface area contributed by atoms with Gasteiger partial charge in [-0.2, -0.15) is 0 Å². The Morgan fingerprint density at radius 2 is 2.05 bits per heavy atom. The molecule has 1 aromatic rings. The smallest absolute Gasteiger partial charge is 0.246 e. The summed E-state index contributed by atoms with van der Waals surface area (Å²) < 4.78 is 5.28. The zero-order valence-corrected chi connectivity index (χ0v) is 12.1. The molecule has 5 heteroatoms. The number of hydrogen-bond donors (Lipinski definition) is 1. The van der Waals surface area contributed by atoms with Gasteiger partial charge in [-0.1, -0.05) is 32.0 Å². The maximum atomic E-state index is 12.4. The summed E-state index contributed by atoms with van der Waals surface area (Å²) in [5, 5.41) is 2.75. The van der Waals surface area contributed by atoms with E-state index < -0.39 is 6.04 Å². The van der Waals surface area contributed by atoms with Gasteiger partial charge in [-0.15, -0.1) is 0 Å². The Labute approximate surface area is 118 Å². The normalized spacial score (nSPS) is 19.2. The van der Waals surface area contributed by atoms with Crippen molar-refractivity contribution in [1.82, 2.24) is 10.2 Å². The largest absolute Gasteiger partial charge is 0.496 e. The van der Waals surface area contributed by atoms with E-state index in [0.717, 1.165) is 11.3 Å². The van der Waals surface area contributed by atoms with Crippen LogP contribution in [0.2, 0.25) is 0 Å². The van der Waals surface area contributed by atoms with E-state index >= 15 is 0 Å². The number of piperazine rings is 1. The van der Waals surface area contributed by atoms with E-state index in [4.69, 9.17) is 4.74 Å².